The van der Waals surface area contributed by atoms with E-state index in [2.05, 4.69) is 21.6 Å². The molecule has 6 nitrogen and oxygen atoms in total. The molecule has 2 aromatic rings. The van der Waals surface area contributed by atoms with Gasteiger partial charge in [0.2, 0.25) is 0 Å². The molecule has 0 spiro atoms. The summed E-state index contributed by atoms with van der Waals surface area (Å²) in [7, 11) is 1.64. The molecule has 2 N–H and O–H groups in total. The van der Waals surface area contributed by atoms with Crippen LogP contribution in [0.3, 0.4) is 0 Å². The van der Waals surface area contributed by atoms with Crippen molar-refractivity contribution in [3.05, 3.63) is 36.0 Å². The predicted octanol–water partition coefficient (Wildman–Crippen LogP) is 5.93. The molecule has 7 heteroatoms. The van der Waals surface area contributed by atoms with E-state index in [4.69, 9.17) is 4.74 Å². The van der Waals surface area contributed by atoms with Gasteiger partial charge in [0, 0.05) is 29.8 Å². The maximum atomic E-state index is 11.6. The second-order valence-electron chi connectivity index (χ2n) is 10.6. The molecule has 0 bridgehead atoms. The average molecular weight is 515 g/mol. The molecular formula is C29H42N2O4S. The van der Waals surface area contributed by atoms with Crippen molar-refractivity contribution in [3.8, 4) is 5.75 Å². The van der Waals surface area contributed by atoms with Crippen LogP contribution in [0.15, 0.2) is 30.5 Å². The van der Waals surface area contributed by atoms with Crippen molar-refractivity contribution in [1.82, 2.24) is 9.88 Å². The van der Waals surface area contributed by atoms with Crippen LogP contribution < -0.4 is 4.74 Å². The Bertz CT molecular complexity index is 981. The minimum absolute atomic E-state index is 0.142. The summed E-state index contributed by atoms with van der Waals surface area (Å²) >= 11 is 2.15. The number of aliphatic hydroxyl groups excluding tert-OH is 1. The van der Waals surface area contributed by atoms with E-state index in [1.165, 1.54) is 44.3 Å². The quantitative estimate of drug-likeness (QED) is 0.340. The van der Waals surface area contributed by atoms with Crippen molar-refractivity contribution in [1.29, 1.82) is 0 Å². The first kappa shape index (κ1) is 27.2. The van der Waals surface area contributed by atoms with Gasteiger partial charge in [0.25, 0.3) is 0 Å². The summed E-state index contributed by atoms with van der Waals surface area (Å²) in [6.45, 7) is 2.95. The van der Waals surface area contributed by atoms with Crippen molar-refractivity contribution in [3.63, 3.8) is 0 Å². The number of nitrogens with zero attached hydrogens (tertiary/aromatic N) is 2. The fourth-order valence-electron chi connectivity index (χ4n) is 6.06. The van der Waals surface area contributed by atoms with Crippen molar-refractivity contribution in [2.75, 3.05) is 32.5 Å². The molecule has 1 aromatic carbocycles. The number of piperidine rings is 1. The zero-order chi connectivity index (χ0) is 25.3. The van der Waals surface area contributed by atoms with Gasteiger partial charge in [0.05, 0.1) is 18.7 Å². The summed E-state index contributed by atoms with van der Waals surface area (Å²) in [6.07, 6.45) is 11.9. The van der Waals surface area contributed by atoms with Crippen molar-refractivity contribution >= 4 is 28.6 Å². The number of methoxy groups -OCH3 is 1. The van der Waals surface area contributed by atoms with Gasteiger partial charge in [-0.2, -0.15) is 11.8 Å². The van der Waals surface area contributed by atoms with Crippen LogP contribution in [0, 0.1) is 11.8 Å². The van der Waals surface area contributed by atoms with E-state index in [0.717, 1.165) is 59.9 Å². The number of likely N-dealkylation sites (tertiary alicyclic amines) is 1. The summed E-state index contributed by atoms with van der Waals surface area (Å²) in [6, 6.07) is 7.61. The Labute approximate surface area is 219 Å². The third-order valence-electron chi connectivity index (χ3n) is 8.09. The Morgan fingerprint density at radius 1 is 1.19 bits per heavy atom. The SMILES string of the molecule is COc1ccc2nccc([C@H](O)CC[C@@H]3CCN(CCCSC4CCCCC4)C[C@@H]3CC(=O)O)c2c1. The molecule has 2 aliphatic rings. The van der Waals surface area contributed by atoms with Crippen LogP contribution in [-0.4, -0.2) is 63.8 Å². The standard InChI is InChI=1S/C29H42N2O4S/c1-35-23-9-10-27-26(19-23)25(12-14-30-27)28(32)11-8-21-13-16-31(20-22(21)18-29(33)34)15-5-17-36-24-6-3-2-4-7-24/h9-10,12,14,19,21-22,24,28,32H,2-8,11,13,15-18,20H2,1H3,(H,33,34)/t21-,22+,28-/m1/s1. The van der Waals surface area contributed by atoms with Crippen molar-refractivity contribution in [2.24, 2.45) is 11.8 Å². The molecular weight excluding hydrogens is 472 g/mol. The predicted molar refractivity (Wildman–Crippen MR) is 147 cm³/mol. The number of hydrogen-bond donors (Lipinski definition) is 2. The lowest BCUT2D eigenvalue weighted by atomic mass is 9.79. The average Bonchev–Trinajstić information content (AvgIpc) is 2.90. The normalized spacial score (nSPS) is 22.5. The van der Waals surface area contributed by atoms with Gasteiger partial charge in [0.1, 0.15) is 5.75 Å². The van der Waals surface area contributed by atoms with Crippen LogP contribution in [0.4, 0.5) is 0 Å². The molecule has 1 aliphatic carbocycles. The van der Waals surface area contributed by atoms with E-state index in [-0.39, 0.29) is 12.3 Å². The highest BCUT2D eigenvalue weighted by Crippen LogP contribution is 2.35. The van der Waals surface area contributed by atoms with Crippen LogP contribution >= 0.6 is 11.8 Å². The number of carboxylic acid groups (broad SMARTS) is 1. The zero-order valence-electron chi connectivity index (χ0n) is 21.6. The first-order valence-electron chi connectivity index (χ1n) is 13.7. The fourth-order valence-corrected chi connectivity index (χ4v) is 7.35. The molecule has 2 heterocycles. The highest BCUT2D eigenvalue weighted by atomic mass is 32.2. The number of rotatable bonds is 12. The number of aliphatic carboxylic acids is 1. The number of aromatic nitrogens is 1. The lowest BCUT2D eigenvalue weighted by Gasteiger charge is -2.38. The van der Waals surface area contributed by atoms with Gasteiger partial charge < -0.3 is 19.8 Å². The number of fused-ring (bicyclic) bond motifs is 1. The van der Waals surface area contributed by atoms with Crippen LogP contribution in [-0.2, 0) is 4.79 Å². The molecule has 1 saturated carbocycles. The number of carbonyl (C=O) groups is 1. The van der Waals surface area contributed by atoms with Gasteiger partial charge in [-0.3, -0.25) is 9.78 Å². The minimum Gasteiger partial charge on any atom is -0.497 e. The van der Waals surface area contributed by atoms with Crippen LogP contribution in [0.25, 0.3) is 10.9 Å². The molecule has 0 unspecified atom stereocenters. The Morgan fingerprint density at radius 2 is 2.03 bits per heavy atom. The molecule has 1 saturated heterocycles. The largest absolute Gasteiger partial charge is 0.497 e. The van der Waals surface area contributed by atoms with E-state index in [9.17, 15) is 15.0 Å². The second kappa shape index (κ2) is 13.6. The second-order valence-corrected chi connectivity index (χ2v) is 12.0. The minimum atomic E-state index is -0.715. The van der Waals surface area contributed by atoms with Crippen LogP contribution in [0.2, 0.25) is 0 Å². The molecule has 4 rings (SSSR count). The number of hydrogen-bond acceptors (Lipinski definition) is 6. The first-order valence-corrected chi connectivity index (χ1v) is 14.7. The summed E-state index contributed by atoms with van der Waals surface area (Å²) in [5.74, 6) is 1.71. The van der Waals surface area contributed by atoms with Gasteiger partial charge in [-0.1, -0.05) is 19.3 Å². The van der Waals surface area contributed by atoms with Crippen molar-refractivity contribution in [2.45, 2.75) is 75.6 Å². The Balaban J connectivity index is 1.29. The third-order valence-corrected chi connectivity index (χ3v) is 9.56. The monoisotopic (exact) mass is 514 g/mol. The highest BCUT2D eigenvalue weighted by Gasteiger charge is 2.31. The number of pyridine rings is 1. The first-order chi connectivity index (χ1) is 17.5. The molecule has 0 amide bonds. The number of carboxylic acids is 1. The smallest absolute Gasteiger partial charge is 0.303 e. The van der Waals surface area contributed by atoms with E-state index in [1.54, 1.807) is 13.3 Å². The Hall–Kier alpha value is -1.83. The van der Waals surface area contributed by atoms with E-state index < -0.39 is 12.1 Å². The Kier molecular flexibility index (Phi) is 10.3. The number of ether oxygens (including phenoxy) is 1. The molecule has 3 atom stereocenters. The third kappa shape index (κ3) is 7.59. The van der Waals surface area contributed by atoms with E-state index in [0.29, 0.717) is 12.3 Å². The van der Waals surface area contributed by atoms with Gasteiger partial charge in [-0.05, 0) is 99.0 Å². The van der Waals surface area contributed by atoms with Gasteiger partial charge >= 0.3 is 5.97 Å². The lowest BCUT2D eigenvalue weighted by Crippen LogP contribution is -2.42. The molecule has 1 aliphatic heterocycles. The number of thioether (sulfide) groups is 1. The van der Waals surface area contributed by atoms with Crippen molar-refractivity contribution < 1.29 is 19.7 Å². The molecule has 1 aromatic heterocycles. The molecule has 2 fully saturated rings. The molecule has 198 valence electrons. The highest BCUT2D eigenvalue weighted by molar-refractivity contribution is 7.99. The summed E-state index contributed by atoms with van der Waals surface area (Å²) in [5, 5.41) is 22.4. The maximum absolute atomic E-state index is 11.6. The van der Waals surface area contributed by atoms with Gasteiger partial charge in [-0.15, -0.1) is 0 Å². The zero-order valence-corrected chi connectivity index (χ0v) is 22.4. The van der Waals surface area contributed by atoms with Gasteiger partial charge in [-0.25, -0.2) is 0 Å². The molecule has 0 radical (unpaired) electrons. The lowest BCUT2D eigenvalue weighted by molar-refractivity contribution is -0.139. The summed E-state index contributed by atoms with van der Waals surface area (Å²) < 4.78 is 5.37. The summed E-state index contributed by atoms with van der Waals surface area (Å²) in [5.41, 5.74) is 1.70. The van der Waals surface area contributed by atoms with E-state index in [1.807, 2.05) is 24.3 Å². The van der Waals surface area contributed by atoms with Crippen LogP contribution in [0.5, 0.6) is 5.75 Å². The van der Waals surface area contributed by atoms with E-state index >= 15 is 0 Å². The maximum Gasteiger partial charge on any atom is 0.303 e. The number of aliphatic hydroxyl groups is 1. The molecule has 36 heavy (non-hydrogen) atoms. The fraction of sp³-hybridized carbons (Fsp3) is 0.655. The number of benzene rings is 1. The van der Waals surface area contributed by atoms with Gasteiger partial charge in [0.15, 0.2) is 0 Å². The summed E-state index contributed by atoms with van der Waals surface area (Å²) in [4.78, 5) is 18.5. The van der Waals surface area contributed by atoms with Crippen LogP contribution in [0.1, 0.15) is 75.9 Å². The Morgan fingerprint density at radius 3 is 2.81 bits per heavy atom. The topological polar surface area (TPSA) is 82.9 Å².